The van der Waals surface area contributed by atoms with Gasteiger partial charge in [0.15, 0.2) is 0 Å². The first-order chi connectivity index (χ1) is 12.0. The molecule has 6 heteroatoms. The molecule has 0 radical (unpaired) electrons. The van der Waals surface area contributed by atoms with Gasteiger partial charge in [0.05, 0.1) is 0 Å². The first kappa shape index (κ1) is 18.6. The molecule has 2 aromatic rings. The maximum Gasteiger partial charge on any atom is 0.251 e. The predicted molar refractivity (Wildman–Crippen MR) is 91.3 cm³/mol. The van der Waals surface area contributed by atoms with Gasteiger partial charge in [0.2, 0.25) is 0 Å². The van der Waals surface area contributed by atoms with Crippen LogP contribution in [0.3, 0.4) is 0 Å². The van der Waals surface area contributed by atoms with E-state index in [1.165, 1.54) is 48.5 Å². The second-order valence-corrected chi connectivity index (χ2v) is 5.64. The molecule has 0 aliphatic carbocycles. The predicted octanol–water partition coefficient (Wildman–Crippen LogP) is 3.29. The van der Waals surface area contributed by atoms with Crippen molar-refractivity contribution in [3.05, 3.63) is 71.3 Å². The van der Waals surface area contributed by atoms with Gasteiger partial charge in [-0.05, 0) is 61.4 Å². The second kappa shape index (κ2) is 8.92. The maximum atomic E-state index is 12.9. The minimum atomic E-state index is -0.397. The van der Waals surface area contributed by atoms with Crippen LogP contribution < -0.4 is 10.6 Å². The summed E-state index contributed by atoms with van der Waals surface area (Å²) in [4.78, 5) is 24.1. The largest absolute Gasteiger partial charge is 0.352 e. The molecule has 1 atom stereocenters. The van der Waals surface area contributed by atoms with E-state index < -0.39 is 11.6 Å². The van der Waals surface area contributed by atoms with Crippen LogP contribution in [0.15, 0.2) is 48.5 Å². The van der Waals surface area contributed by atoms with Gasteiger partial charge >= 0.3 is 0 Å². The van der Waals surface area contributed by atoms with E-state index in [0.717, 1.165) is 0 Å². The number of amides is 2. The average Bonchev–Trinajstić information content (AvgIpc) is 2.61. The molecule has 0 fully saturated rings. The van der Waals surface area contributed by atoms with E-state index in [1.807, 2.05) is 6.92 Å². The van der Waals surface area contributed by atoms with Gasteiger partial charge in [-0.15, -0.1) is 0 Å². The summed E-state index contributed by atoms with van der Waals surface area (Å²) in [5.41, 5.74) is 0.764. The van der Waals surface area contributed by atoms with Crippen molar-refractivity contribution in [1.29, 1.82) is 0 Å². The van der Waals surface area contributed by atoms with E-state index >= 15 is 0 Å². The quantitative estimate of drug-likeness (QED) is 0.808. The Balaban J connectivity index is 1.81. The van der Waals surface area contributed by atoms with Gasteiger partial charge < -0.3 is 10.6 Å². The molecule has 2 amide bonds. The molecule has 4 nitrogen and oxygen atoms in total. The van der Waals surface area contributed by atoms with Crippen LogP contribution in [0.4, 0.5) is 8.78 Å². The third-order valence-corrected chi connectivity index (χ3v) is 3.82. The normalized spacial score (nSPS) is 11.6. The summed E-state index contributed by atoms with van der Waals surface area (Å²) in [5.74, 6) is -1.37. The highest BCUT2D eigenvalue weighted by Gasteiger charge is 2.13. The Bertz CT molecular complexity index is 715. The molecule has 0 aliphatic rings. The van der Waals surface area contributed by atoms with Crippen molar-refractivity contribution in [1.82, 2.24) is 10.6 Å². The number of hydrogen-bond acceptors (Lipinski definition) is 2. The maximum absolute atomic E-state index is 12.9. The van der Waals surface area contributed by atoms with E-state index in [1.54, 1.807) is 0 Å². The average molecular weight is 346 g/mol. The molecule has 0 heterocycles. The summed E-state index contributed by atoms with van der Waals surface area (Å²) in [6.45, 7) is 2.30. The molecular weight excluding hydrogens is 326 g/mol. The van der Waals surface area contributed by atoms with Crippen LogP contribution in [0.5, 0.6) is 0 Å². The van der Waals surface area contributed by atoms with Crippen molar-refractivity contribution in [2.45, 2.75) is 25.8 Å². The number of carbonyl (C=O) groups excluding carboxylic acids is 2. The van der Waals surface area contributed by atoms with Gasteiger partial charge in [-0.25, -0.2) is 8.78 Å². The minimum Gasteiger partial charge on any atom is -0.352 e. The number of halogens is 2. The topological polar surface area (TPSA) is 58.2 Å². The Morgan fingerprint density at radius 1 is 0.880 bits per heavy atom. The first-order valence-electron chi connectivity index (χ1n) is 8.09. The Kier molecular flexibility index (Phi) is 6.62. The summed E-state index contributed by atoms with van der Waals surface area (Å²) >= 11 is 0. The molecule has 2 aromatic carbocycles. The van der Waals surface area contributed by atoms with Gasteiger partial charge in [-0.2, -0.15) is 0 Å². The third-order valence-electron chi connectivity index (χ3n) is 3.82. The van der Waals surface area contributed by atoms with Crippen molar-refractivity contribution in [2.24, 2.45) is 0 Å². The molecule has 0 aliphatic heterocycles. The van der Waals surface area contributed by atoms with Crippen LogP contribution in [0.2, 0.25) is 0 Å². The molecule has 0 bridgehead atoms. The van der Waals surface area contributed by atoms with Gasteiger partial charge in [0.25, 0.3) is 11.8 Å². The van der Waals surface area contributed by atoms with Gasteiger partial charge in [0.1, 0.15) is 11.6 Å². The molecule has 0 saturated heterocycles. The minimum absolute atomic E-state index is 0.119. The lowest BCUT2D eigenvalue weighted by Gasteiger charge is -2.17. The van der Waals surface area contributed by atoms with E-state index in [9.17, 15) is 18.4 Å². The smallest absolute Gasteiger partial charge is 0.251 e. The Hall–Kier alpha value is -2.76. The summed E-state index contributed by atoms with van der Waals surface area (Å²) in [5, 5.41) is 5.60. The highest BCUT2D eigenvalue weighted by atomic mass is 19.1. The number of benzene rings is 2. The fraction of sp³-hybridized carbons (Fsp3) is 0.263. The number of hydrogen-bond donors (Lipinski definition) is 2. The summed E-state index contributed by atoms with van der Waals surface area (Å²) in [7, 11) is 0. The van der Waals surface area contributed by atoms with Crippen molar-refractivity contribution < 1.29 is 18.4 Å². The van der Waals surface area contributed by atoms with Crippen LogP contribution >= 0.6 is 0 Å². The van der Waals surface area contributed by atoms with E-state index in [2.05, 4.69) is 10.6 Å². The van der Waals surface area contributed by atoms with E-state index in [4.69, 9.17) is 0 Å². The van der Waals surface area contributed by atoms with Crippen molar-refractivity contribution in [3.63, 3.8) is 0 Å². The lowest BCUT2D eigenvalue weighted by Crippen LogP contribution is -2.37. The van der Waals surface area contributed by atoms with Crippen LogP contribution in [0.1, 0.15) is 40.5 Å². The number of carbonyl (C=O) groups is 2. The fourth-order valence-electron chi connectivity index (χ4n) is 2.31. The first-order valence-corrected chi connectivity index (χ1v) is 8.09. The molecule has 0 spiro atoms. The molecule has 132 valence electrons. The SMILES string of the molecule is CCC(CCNC(=O)c1ccc(F)cc1)NC(=O)c1ccc(F)cc1. The van der Waals surface area contributed by atoms with Gasteiger partial charge in [-0.1, -0.05) is 6.92 Å². The van der Waals surface area contributed by atoms with Crippen molar-refractivity contribution >= 4 is 11.8 Å². The zero-order chi connectivity index (χ0) is 18.2. The van der Waals surface area contributed by atoms with Crippen LogP contribution in [-0.4, -0.2) is 24.4 Å². The molecular formula is C19H20F2N2O2. The third kappa shape index (κ3) is 5.67. The summed E-state index contributed by atoms with van der Waals surface area (Å²) in [6.07, 6.45) is 1.25. The van der Waals surface area contributed by atoms with Gasteiger partial charge in [0, 0.05) is 23.7 Å². The highest BCUT2D eigenvalue weighted by Crippen LogP contribution is 2.06. The summed E-state index contributed by atoms with van der Waals surface area (Å²) < 4.78 is 25.7. The second-order valence-electron chi connectivity index (χ2n) is 5.64. The molecule has 1 unspecified atom stereocenters. The fourth-order valence-corrected chi connectivity index (χ4v) is 2.31. The molecule has 0 saturated carbocycles. The Morgan fingerprint density at radius 3 is 1.84 bits per heavy atom. The molecule has 2 N–H and O–H groups in total. The molecule has 2 rings (SSSR count). The summed E-state index contributed by atoms with van der Waals surface area (Å²) in [6, 6.07) is 10.5. The zero-order valence-corrected chi connectivity index (χ0v) is 13.9. The van der Waals surface area contributed by atoms with E-state index in [-0.39, 0.29) is 17.9 Å². The van der Waals surface area contributed by atoms with E-state index in [0.29, 0.717) is 30.5 Å². The van der Waals surface area contributed by atoms with Gasteiger partial charge in [-0.3, -0.25) is 9.59 Å². The van der Waals surface area contributed by atoms with Crippen LogP contribution in [0, 0.1) is 11.6 Å². The van der Waals surface area contributed by atoms with Crippen molar-refractivity contribution in [3.8, 4) is 0 Å². The highest BCUT2D eigenvalue weighted by molar-refractivity contribution is 5.94. The lowest BCUT2D eigenvalue weighted by molar-refractivity contribution is 0.0932. The van der Waals surface area contributed by atoms with Crippen LogP contribution in [0.25, 0.3) is 0 Å². The molecule has 0 aromatic heterocycles. The Morgan fingerprint density at radius 2 is 1.36 bits per heavy atom. The van der Waals surface area contributed by atoms with Crippen LogP contribution in [-0.2, 0) is 0 Å². The Labute approximate surface area is 145 Å². The number of nitrogens with one attached hydrogen (secondary N) is 2. The number of rotatable bonds is 7. The van der Waals surface area contributed by atoms with Crippen molar-refractivity contribution in [2.75, 3.05) is 6.54 Å². The monoisotopic (exact) mass is 346 g/mol. The molecule has 25 heavy (non-hydrogen) atoms. The zero-order valence-electron chi connectivity index (χ0n) is 13.9. The standard InChI is InChI=1S/C19H20F2N2O2/c1-2-17(23-19(25)14-5-9-16(21)10-6-14)11-12-22-18(24)13-3-7-15(20)8-4-13/h3-10,17H,2,11-12H2,1H3,(H,22,24)(H,23,25). The lowest BCUT2D eigenvalue weighted by atomic mass is 10.1.